The Kier molecular flexibility index (Phi) is 6.16. The van der Waals surface area contributed by atoms with E-state index in [-0.39, 0.29) is 5.75 Å². The van der Waals surface area contributed by atoms with Gasteiger partial charge in [0.1, 0.15) is 0 Å². The standard InChI is InChI=1S/C20H24BrN3O2/c1-15-3-5-16(6-4-15)14-23-7-9-24(10-8-23)22-13-17-11-18(21)20(25)19(12-17)26-2/h3-6,11-13,25H,7-10,14H2,1-2H3/b22-13+. The van der Waals surface area contributed by atoms with Crippen molar-refractivity contribution < 1.29 is 9.84 Å². The highest BCUT2D eigenvalue weighted by Gasteiger charge is 2.15. The molecule has 0 bridgehead atoms. The molecule has 26 heavy (non-hydrogen) atoms. The molecule has 0 aromatic heterocycles. The van der Waals surface area contributed by atoms with Crippen LogP contribution in [0.3, 0.4) is 0 Å². The van der Waals surface area contributed by atoms with Gasteiger partial charge in [0, 0.05) is 32.7 Å². The Hall–Kier alpha value is -2.05. The molecule has 138 valence electrons. The molecule has 1 aliphatic rings. The lowest BCUT2D eigenvalue weighted by Crippen LogP contribution is -2.43. The molecule has 1 aliphatic heterocycles. The lowest BCUT2D eigenvalue weighted by Gasteiger charge is -2.33. The monoisotopic (exact) mass is 417 g/mol. The number of piperazine rings is 1. The molecule has 0 spiro atoms. The van der Waals surface area contributed by atoms with Crippen molar-refractivity contribution in [1.29, 1.82) is 0 Å². The number of methoxy groups -OCH3 is 1. The predicted octanol–water partition coefficient (Wildman–Crippen LogP) is 3.62. The van der Waals surface area contributed by atoms with E-state index in [0.29, 0.717) is 10.2 Å². The van der Waals surface area contributed by atoms with Gasteiger partial charge >= 0.3 is 0 Å². The number of ether oxygens (including phenoxy) is 1. The molecule has 5 nitrogen and oxygen atoms in total. The first-order chi connectivity index (χ1) is 12.5. The maximum Gasteiger partial charge on any atom is 0.172 e. The normalized spacial score (nSPS) is 15.6. The van der Waals surface area contributed by atoms with Crippen molar-refractivity contribution in [1.82, 2.24) is 9.91 Å². The molecule has 1 fully saturated rings. The summed E-state index contributed by atoms with van der Waals surface area (Å²) in [6.07, 6.45) is 1.81. The SMILES string of the molecule is COc1cc(/C=N/N2CCN(Cc3ccc(C)cc3)CC2)cc(Br)c1O. The van der Waals surface area contributed by atoms with E-state index in [1.54, 1.807) is 6.07 Å². The second-order valence-corrected chi connectivity index (χ2v) is 7.37. The quantitative estimate of drug-likeness (QED) is 0.754. The van der Waals surface area contributed by atoms with Crippen molar-refractivity contribution in [2.45, 2.75) is 13.5 Å². The van der Waals surface area contributed by atoms with Crippen LogP contribution in [0.15, 0.2) is 46.0 Å². The maximum absolute atomic E-state index is 9.87. The largest absolute Gasteiger partial charge is 0.503 e. The lowest BCUT2D eigenvalue weighted by molar-refractivity contribution is 0.131. The fourth-order valence-corrected chi connectivity index (χ4v) is 3.39. The summed E-state index contributed by atoms with van der Waals surface area (Å²) in [5.74, 6) is 0.540. The Morgan fingerprint density at radius 1 is 1.15 bits per heavy atom. The molecule has 1 saturated heterocycles. The molecule has 0 atom stereocenters. The number of hydrogen-bond donors (Lipinski definition) is 1. The van der Waals surface area contributed by atoms with E-state index < -0.39 is 0 Å². The molecule has 1 heterocycles. The summed E-state index contributed by atoms with van der Waals surface area (Å²) in [4.78, 5) is 2.46. The van der Waals surface area contributed by atoms with Crippen molar-refractivity contribution in [2.75, 3.05) is 33.3 Å². The van der Waals surface area contributed by atoms with E-state index >= 15 is 0 Å². The Bertz CT molecular complexity index is 769. The first kappa shape index (κ1) is 18.7. The van der Waals surface area contributed by atoms with Crippen LogP contribution in [-0.2, 0) is 6.54 Å². The van der Waals surface area contributed by atoms with E-state index in [9.17, 15) is 5.11 Å². The fraction of sp³-hybridized carbons (Fsp3) is 0.350. The molecular formula is C20H24BrN3O2. The molecule has 2 aromatic rings. The number of rotatable bonds is 5. The minimum absolute atomic E-state index is 0.106. The third kappa shape index (κ3) is 4.77. The summed E-state index contributed by atoms with van der Waals surface area (Å²) in [6.45, 7) is 6.89. The van der Waals surface area contributed by atoms with Crippen LogP contribution in [0, 0.1) is 6.92 Å². The van der Waals surface area contributed by atoms with Gasteiger partial charge in [0.25, 0.3) is 0 Å². The Morgan fingerprint density at radius 3 is 2.50 bits per heavy atom. The van der Waals surface area contributed by atoms with Gasteiger partial charge in [-0.15, -0.1) is 0 Å². The van der Waals surface area contributed by atoms with E-state index in [0.717, 1.165) is 38.3 Å². The van der Waals surface area contributed by atoms with Gasteiger partial charge in [-0.1, -0.05) is 29.8 Å². The smallest absolute Gasteiger partial charge is 0.172 e. The highest BCUT2D eigenvalue weighted by Crippen LogP contribution is 2.34. The molecule has 3 rings (SSSR count). The van der Waals surface area contributed by atoms with Crippen LogP contribution < -0.4 is 4.74 Å². The summed E-state index contributed by atoms with van der Waals surface area (Å²) in [7, 11) is 1.54. The second kappa shape index (κ2) is 8.56. The van der Waals surface area contributed by atoms with Gasteiger partial charge in [0.2, 0.25) is 0 Å². The van der Waals surface area contributed by atoms with Crippen LogP contribution in [-0.4, -0.2) is 54.5 Å². The van der Waals surface area contributed by atoms with Crippen LogP contribution in [0.2, 0.25) is 0 Å². The average Bonchev–Trinajstić information content (AvgIpc) is 2.65. The van der Waals surface area contributed by atoms with Crippen LogP contribution in [0.4, 0.5) is 0 Å². The van der Waals surface area contributed by atoms with Gasteiger partial charge in [0.05, 0.1) is 17.8 Å². The molecule has 6 heteroatoms. The van der Waals surface area contributed by atoms with E-state index in [2.05, 4.69) is 62.1 Å². The molecule has 0 saturated carbocycles. The molecule has 2 aromatic carbocycles. The third-order valence-electron chi connectivity index (χ3n) is 4.52. The number of phenolic OH excluding ortho intramolecular Hbond substituents is 1. The summed E-state index contributed by atoms with van der Waals surface area (Å²) in [5.41, 5.74) is 3.53. The number of hydrogen-bond acceptors (Lipinski definition) is 5. The zero-order valence-electron chi connectivity index (χ0n) is 15.2. The molecule has 0 unspecified atom stereocenters. The number of phenols is 1. The summed E-state index contributed by atoms with van der Waals surface area (Å²) in [6, 6.07) is 12.3. The van der Waals surface area contributed by atoms with E-state index in [1.807, 2.05) is 12.3 Å². The number of aromatic hydroxyl groups is 1. The summed E-state index contributed by atoms with van der Waals surface area (Å²) < 4.78 is 5.77. The van der Waals surface area contributed by atoms with Gasteiger partial charge in [-0.05, 0) is 46.1 Å². The van der Waals surface area contributed by atoms with Gasteiger partial charge in [-0.3, -0.25) is 9.91 Å². The zero-order chi connectivity index (χ0) is 18.5. The predicted molar refractivity (Wildman–Crippen MR) is 108 cm³/mol. The Morgan fingerprint density at radius 2 is 1.85 bits per heavy atom. The van der Waals surface area contributed by atoms with E-state index in [4.69, 9.17) is 4.74 Å². The maximum atomic E-state index is 9.87. The molecule has 1 N–H and O–H groups in total. The Labute approximate surface area is 163 Å². The van der Waals surface area contributed by atoms with Crippen LogP contribution in [0.1, 0.15) is 16.7 Å². The van der Waals surface area contributed by atoms with Crippen molar-refractivity contribution in [3.05, 3.63) is 57.6 Å². The lowest BCUT2D eigenvalue weighted by atomic mass is 10.1. The first-order valence-corrected chi connectivity index (χ1v) is 9.48. The average molecular weight is 418 g/mol. The fourth-order valence-electron chi connectivity index (χ4n) is 2.93. The zero-order valence-corrected chi connectivity index (χ0v) is 16.7. The van der Waals surface area contributed by atoms with Crippen LogP contribution in [0.25, 0.3) is 0 Å². The Balaban J connectivity index is 1.54. The van der Waals surface area contributed by atoms with Gasteiger partial charge in [-0.25, -0.2) is 0 Å². The molecular weight excluding hydrogens is 394 g/mol. The van der Waals surface area contributed by atoms with Crippen molar-refractivity contribution in [2.24, 2.45) is 5.10 Å². The summed E-state index contributed by atoms with van der Waals surface area (Å²) in [5, 5.41) is 16.5. The number of nitrogens with zero attached hydrogens (tertiary/aromatic N) is 3. The highest BCUT2D eigenvalue weighted by atomic mass is 79.9. The molecule has 0 radical (unpaired) electrons. The highest BCUT2D eigenvalue weighted by molar-refractivity contribution is 9.10. The third-order valence-corrected chi connectivity index (χ3v) is 5.12. The van der Waals surface area contributed by atoms with Crippen molar-refractivity contribution >= 4 is 22.1 Å². The number of hydrazone groups is 1. The summed E-state index contributed by atoms with van der Waals surface area (Å²) >= 11 is 3.34. The number of halogens is 1. The minimum atomic E-state index is 0.106. The second-order valence-electron chi connectivity index (χ2n) is 6.51. The topological polar surface area (TPSA) is 48.3 Å². The van der Waals surface area contributed by atoms with Gasteiger partial charge in [0.15, 0.2) is 11.5 Å². The number of aryl methyl sites for hydroxylation is 1. The molecule has 0 aliphatic carbocycles. The minimum Gasteiger partial charge on any atom is -0.503 e. The van der Waals surface area contributed by atoms with Gasteiger partial charge in [-0.2, -0.15) is 5.10 Å². The van der Waals surface area contributed by atoms with Gasteiger partial charge < -0.3 is 9.84 Å². The van der Waals surface area contributed by atoms with Crippen molar-refractivity contribution in [3.63, 3.8) is 0 Å². The van der Waals surface area contributed by atoms with Crippen molar-refractivity contribution in [3.8, 4) is 11.5 Å². The van der Waals surface area contributed by atoms with Crippen LogP contribution >= 0.6 is 15.9 Å². The first-order valence-electron chi connectivity index (χ1n) is 8.68. The van der Waals surface area contributed by atoms with Crippen LogP contribution in [0.5, 0.6) is 11.5 Å². The molecule has 0 amide bonds. The number of benzene rings is 2. The van der Waals surface area contributed by atoms with E-state index in [1.165, 1.54) is 18.2 Å².